The lowest BCUT2D eigenvalue weighted by Gasteiger charge is -2.07. The van der Waals surface area contributed by atoms with Gasteiger partial charge in [-0.25, -0.2) is 4.98 Å². The van der Waals surface area contributed by atoms with E-state index in [2.05, 4.69) is 33.5 Å². The molecule has 1 aliphatic carbocycles. The summed E-state index contributed by atoms with van der Waals surface area (Å²) in [5.74, 6) is 1.36. The van der Waals surface area contributed by atoms with Crippen LogP contribution < -0.4 is 11.1 Å². The number of benzene rings is 1. The number of nitrogens with two attached hydrogens (primary N) is 1. The number of nitrogens with zero attached hydrogens (tertiary/aromatic N) is 1. The van der Waals surface area contributed by atoms with Crippen LogP contribution in [-0.4, -0.2) is 16.0 Å². The van der Waals surface area contributed by atoms with E-state index in [1.54, 1.807) is 0 Å². The van der Waals surface area contributed by atoms with Gasteiger partial charge in [0.05, 0.1) is 11.2 Å². The van der Waals surface area contributed by atoms with E-state index in [0.717, 1.165) is 23.4 Å². The van der Waals surface area contributed by atoms with Gasteiger partial charge in [-0.1, -0.05) is 18.2 Å². The van der Waals surface area contributed by atoms with Crippen LogP contribution in [0.15, 0.2) is 48.8 Å². The Morgan fingerprint density at radius 1 is 1.20 bits per heavy atom. The molecule has 3 aromatic rings. The fourth-order valence-corrected chi connectivity index (χ4v) is 2.62. The van der Waals surface area contributed by atoms with Crippen LogP contribution in [0.1, 0.15) is 17.9 Å². The molecule has 20 heavy (non-hydrogen) atoms. The number of aromatic amines is 1. The van der Waals surface area contributed by atoms with E-state index >= 15 is 0 Å². The van der Waals surface area contributed by atoms with Crippen LogP contribution in [0.25, 0.3) is 10.9 Å². The van der Waals surface area contributed by atoms with Gasteiger partial charge in [0.25, 0.3) is 0 Å². The van der Waals surface area contributed by atoms with Crippen molar-refractivity contribution in [3.8, 4) is 0 Å². The molecule has 2 aromatic heterocycles. The molecule has 2 atom stereocenters. The standard InChI is InChI=1S/C16H16N4/c17-13-8-12(13)11-4-5-15(19-9-11)20-14-3-1-2-10-6-7-18-16(10)14/h1-7,9,12-13,18H,8,17H2,(H,19,20)/t12-,13+/m0/s1. The molecular weight excluding hydrogens is 248 g/mol. The number of hydrogen-bond donors (Lipinski definition) is 3. The van der Waals surface area contributed by atoms with E-state index in [4.69, 9.17) is 5.73 Å². The molecule has 4 nitrogen and oxygen atoms in total. The number of fused-ring (bicyclic) bond motifs is 1. The Kier molecular flexibility index (Phi) is 2.50. The fourth-order valence-electron chi connectivity index (χ4n) is 2.62. The van der Waals surface area contributed by atoms with Gasteiger partial charge in [-0.05, 0) is 30.2 Å². The van der Waals surface area contributed by atoms with E-state index in [1.807, 2.05) is 30.6 Å². The second kappa shape index (κ2) is 4.35. The largest absolute Gasteiger partial charge is 0.359 e. The second-order valence-electron chi connectivity index (χ2n) is 5.36. The van der Waals surface area contributed by atoms with Gasteiger partial charge < -0.3 is 16.0 Å². The van der Waals surface area contributed by atoms with Gasteiger partial charge >= 0.3 is 0 Å². The quantitative estimate of drug-likeness (QED) is 0.681. The van der Waals surface area contributed by atoms with Gasteiger partial charge in [-0.2, -0.15) is 0 Å². The molecule has 100 valence electrons. The number of pyridine rings is 1. The van der Waals surface area contributed by atoms with Crippen LogP contribution in [0.5, 0.6) is 0 Å². The lowest BCUT2D eigenvalue weighted by atomic mass is 10.2. The van der Waals surface area contributed by atoms with Crippen molar-refractivity contribution < 1.29 is 0 Å². The first kappa shape index (κ1) is 11.5. The first-order valence-corrected chi connectivity index (χ1v) is 6.86. The number of para-hydroxylation sites is 1. The van der Waals surface area contributed by atoms with Crippen molar-refractivity contribution in [1.82, 2.24) is 9.97 Å². The van der Waals surface area contributed by atoms with Gasteiger partial charge in [0, 0.05) is 29.7 Å². The first-order chi connectivity index (χ1) is 9.81. The molecule has 0 aliphatic heterocycles. The van der Waals surface area contributed by atoms with Gasteiger partial charge in [0.2, 0.25) is 0 Å². The molecule has 0 bridgehead atoms. The molecule has 1 aliphatic rings. The lowest BCUT2D eigenvalue weighted by molar-refractivity contribution is 0.981. The van der Waals surface area contributed by atoms with Gasteiger partial charge in [-0.3, -0.25) is 0 Å². The highest BCUT2D eigenvalue weighted by molar-refractivity contribution is 5.92. The summed E-state index contributed by atoms with van der Waals surface area (Å²) in [4.78, 5) is 7.73. The van der Waals surface area contributed by atoms with Gasteiger partial charge in [0.1, 0.15) is 5.82 Å². The predicted molar refractivity (Wildman–Crippen MR) is 81.2 cm³/mol. The second-order valence-corrected chi connectivity index (χ2v) is 5.36. The average molecular weight is 264 g/mol. The van der Waals surface area contributed by atoms with Crippen LogP contribution in [0.3, 0.4) is 0 Å². The van der Waals surface area contributed by atoms with E-state index in [1.165, 1.54) is 10.9 Å². The third-order valence-electron chi connectivity index (χ3n) is 3.90. The number of hydrogen-bond acceptors (Lipinski definition) is 3. The maximum absolute atomic E-state index is 5.86. The Morgan fingerprint density at radius 2 is 2.10 bits per heavy atom. The first-order valence-electron chi connectivity index (χ1n) is 6.86. The Hall–Kier alpha value is -2.33. The van der Waals surface area contributed by atoms with Crippen LogP contribution >= 0.6 is 0 Å². The molecule has 2 heterocycles. The zero-order valence-electron chi connectivity index (χ0n) is 11.0. The van der Waals surface area contributed by atoms with Crippen LogP contribution in [-0.2, 0) is 0 Å². The maximum atomic E-state index is 5.86. The molecule has 0 unspecified atom stereocenters. The van der Waals surface area contributed by atoms with Crippen molar-refractivity contribution in [3.05, 3.63) is 54.4 Å². The molecule has 1 fully saturated rings. The summed E-state index contributed by atoms with van der Waals surface area (Å²) >= 11 is 0. The van der Waals surface area contributed by atoms with Crippen molar-refractivity contribution in [2.45, 2.75) is 18.4 Å². The highest BCUT2D eigenvalue weighted by Gasteiger charge is 2.34. The van der Waals surface area contributed by atoms with Crippen molar-refractivity contribution in [2.24, 2.45) is 5.73 Å². The highest BCUT2D eigenvalue weighted by atomic mass is 15.0. The lowest BCUT2D eigenvalue weighted by Crippen LogP contribution is -2.01. The monoisotopic (exact) mass is 264 g/mol. The van der Waals surface area contributed by atoms with E-state index in [0.29, 0.717) is 12.0 Å². The van der Waals surface area contributed by atoms with Crippen LogP contribution in [0.2, 0.25) is 0 Å². The summed E-state index contributed by atoms with van der Waals surface area (Å²) in [6, 6.07) is 12.7. The average Bonchev–Trinajstić information content (AvgIpc) is 3.01. The molecular formula is C16H16N4. The molecule has 1 saturated carbocycles. The smallest absolute Gasteiger partial charge is 0.130 e. The third-order valence-corrected chi connectivity index (χ3v) is 3.90. The zero-order valence-corrected chi connectivity index (χ0v) is 11.0. The number of aromatic nitrogens is 2. The van der Waals surface area contributed by atoms with E-state index in [9.17, 15) is 0 Å². The summed E-state index contributed by atoms with van der Waals surface area (Å²) in [5.41, 5.74) is 9.24. The normalized spacial score (nSPS) is 21.1. The SMILES string of the molecule is N[C@@H]1C[C@H]1c1ccc(Nc2cccc3cc[nH]c23)nc1. The number of H-pyrrole nitrogens is 1. The minimum Gasteiger partial charge on any atom is -0.359 e. The Bertz CT molecular complexity index is 745. The van der Waals surface area contributed by atoms with E-state index < -0.39 is 0 Å². The minimum atomic E-state index is 0.322. The van der Waals surface area contributed by atoms with Gasteiger partial charge in [-0.15, -0.1) is 0 Å². The molecule has 0 amide bonds. The summed E-state index contributed by atoms with van der Waals surface area (Å²) in [6.07, 6.45) is 4.95. The topological polar surface area (TPSA) is 66.7 Å². The molecule has 0 radical (unpaired) electrons. The van der Waals surface area contributed by atoms with Crippen molar-refractivity contribution in [3.63, 3.8) is 0 Å². The Labute approximate surface area is 117 Å². The summed E-state index contributed by atoms with van der Waals surface area (Å²) in [6.45, 7) is 0. The number of rotatable bonds is 3. The molecule has 0 spiro atoms. The summed E-state index contributed by atoms with van der Waals surface area (Å²) in [5, 5.41) is 4.55. The number of anilines is 2. The summed E-state index contributed by atoms with van der Waals surface area (Å²) < 4.78 is 0. The van der Waals surface area contributed by atoms with Crippen molar-refractivity contribution >= 4 is 22.4 Å². The molecule has 1 aromatic carbocycles. The molecule has 0 saturated heterocycles. The highest BCUT2D eigenvalue weighted by Crippen LogP contribution is 2.38. The van der Waals surface area contributed by atoms with Crippen molar-refractivity contribution in [2.75, 3.05) is 5.32 Å². The molecule has 4 N–H and O–H groups in total. The molecule has 4 rings (SSSR count). The number of nitrogens with one attached hydrogen (secondary N) is 2. The molecule has 4 heteroatoms. The van der Waals surface area contributed by atoms with E-state index in [-0.39, 0.29) is 0 Å². The predicted octanol–water partition coefficient (Wildman–Crippen LogP) is 3.12. The minimum absolute atomic E-state index is 0.322. The maximum Gasteiger partial charge on any atom is 0.130 e. The third kappa shape index (κ3) is 1.94. The fraction of sp³-hybridized carbons (Fsp3) is 0.188. The zero-order chi connectivity index (χ0) is 13.5. The van der Waals surface area contributed by atoms with Crippen LogP contribution in [0.4, 0.5) is 11.5 Å². The van der Waals surface area contributed by atoms with Crippen molar-refractivity contribution in [1.29, 1.82) is 0 Å². The van der Waals surface area contributed by atoms with Gasteiger partial charge in [0.15, 0.2) is 0 Å². The Balaban J connectivity index is 1.60. The van der Waals surface area contributed by atoms with Crippen LogP contribution in [0, 0.1) is 0 Å². The Morgan fingerprint density at radius 3 is 2.85 bits per heavy atom. The summed E-state index contributed by atoms with van der Waals surface area (Å²) in [7, 11) is 0.